The average molecular weight is 229 g/mol. The van der Waals surface area contributed by atoms with Crippen LogP contribution in [0.25, 0.3) is 0 Å². The smallest absolute Gasteiger partial charge is 0.339 e. The molecule has 0 bridgehead atoms. The summed E-state index contributed by atoms with van der Waals surface area (Å²) in [4.78, 5) is 14.9. The lowest BCUT2D eigenvalue weighted by molar-refractivity contribution is 0.0692. The molecule has 1 N–H and O–H groups in total. The first kappa shape index (κ1) is 11.1. The Balaban J connectivity index is 2.12. The number of carbonyl (C=O) groups is 1. The first-order valence-electron chi connectivity index (χ1n) is 5.11. The van der Waals surface area contributed by atoms with Gasteiger partial charge in [-0.2, -0.15) is 0 Å². The number of rotatable bonds is 4. The molecule has 0 amide bonds. The Bertz CT molecular complexity index is 511. The largest absolute Gasteiger partial charge is 0.488 e. The zero-order valence-corrected chi connectivity index (χ0v) is 9.04. The summed E-state index contributed by atoms with van der Waals surface area (Å²) in [5, 5.41) is 8.97. The van der Waals surface area contributed by atoms with E-state index in [9.17, 15) is 4.79 Å². The number of pyridine rings is 1. The van der Waals surface area contributed by atoms with Crippen LogP contribution in [0.5, 0.6) is 5.75 Å². The van der Waals surface area contributed by atoms with Gasteiger partial charge in [0.2, 0.25) is 0 Å². The molecule has 0 atom stereocenters. The number of benzene rings is 1. The summed E-state index contributed by atoms with van der Waals surface area (Å²) in [6.45, 7) is 0.304. The van der Waals surface area contributed by atoms with E-state index in [2.05, 4.69) is 4.98 Å². The number of ether oxygens (including phenoxy) is 1. The molecular weight excluding hydrogens is 218 g/mol. The molecule has 1 heterocycles. The maximum atomic E-state index is 10.9. The van der Waals surface area contributed by atoms with Gasteiger partial charge in [-0.05, 0) is 18.2 Å². The first-order chi connectivity index (χ1) is 8.27. The fourth-order valence-corrected chi connectivity index (χ4v) is 1.41. The highest BCUT2D eigenvalue weighted by Crippen LogP contribution is 2.18. The van der Waals surface area contributed by atoms with Crippen LogP contribution in [0.4, 0.5) is 0 Å². The Kier molecular flexibility index (Phi) is 3.35. The van der Waals surface area contributed by atoms with E-state index < -0.39 is 5.97 Å². The highest BCUT2D eigenvalue weighted by molar-refractivity contribution is 5.90. The third kappa shape index (κ3) is 2.81. The Morgan fingerprint density at radius 2 is 2.06 bits per heavy atom. The number of nitrogens with zero attached hydrogens (tertiary/aromatic N) is 1. The van der Waals surface area contributed by atoms with Crippen molar-refractivity contribution in [2.24, 2.45) is 0 Å². The second kappa shape index (κ2) is 5.12. The maximum Gasteiger partial charge on any atom is 0.339 e. The zero-order chi connectivity index (χ0) is 12.1. The van der Waals surface area contributed by atoms with Crippen LogP contribution < -0.4 is 4.74 Å². The summed E-state index contributed by atoms with van der Waals surface area (Å²) in [6.07, 6.45) is 3.36. The van der Waals surface area contributed by atoms with Crippen LogP contribution >= 0.6 is 0 Å². The van der Waals surface area contributed by atoms with Gasteiger partial charge in [0.1, 0.15) is 17.9 Å². The number of aromatic nitrogens is 1. The lowest BCUT2D eigenvalue weighted by atomic mass is 10.2. The quantitative estimate of drug-likeness (QED) is 0.874. The monoisotopic (exact) mass is 229 g/mol. The van der Waals surface area contributed by atoms with Crippen molar-refractivity contribution in [2.75, 3.05) is 0 Å². The third-order valence-electron chi connectivity index (χ3n) is 2.23. The lowest BCUT2D eigenvalue weighted by Gasteiger charge is -2.08. The van der Waals surface area contributed by atoms with Crippen LogP contribution in [-0.2, 0) is 6.61 Å². The highest BCUT2D eigenvalue weighted by atomic mass is 16.5. The van der Waals surface area contributed by atoms with E-state index in [1.54, 1.807) is 30.6 Å². The summed E-state index contributed by atoms with van der Waals surface area (Å²) in [7, 11) is 0. The van der Waals surface area contributed by atoms with Crippen molar-refractivity contribution in [1.82, 2.24) is 4.98 Å². The molecular formula is C13H11NO3. The van der Waals surface area contributed by atoms with Crippen LogP contribution in [-0.4, -0.2) is 16.1 Å². The average Bonchev–Trinajstić information content (AvgIpc) is 2.38. The van der Waals surface area contributed by atoms with E-state index in [1.807, 2.05) is 12.1 Å². The SMILES string of the molecule is O=C(O)c1ccccc1OCc1cccnc1. The van der Waals surface area contributed by atoms with Crippen molar-refractivity contribution in [1.29, 1.82) is 0 Å². The summed E-state index contributed by atoms with van der Waals surface area (Å²) >= 11 is 0. The molecule has 17 heavy (non-hydrogen) atoms. The molecule has 0 aliphatic carbocycles. The summed E-state index contributed by atoms with van der Waals surface area (Å²) in [5.41, 5.74) is 1.06. The molecule has 0 radical (unpaired) electrons. The molecule has 0 unspecified atom stereocenters. The van der Waals surface area contributed by atoms with Gasteiger partial charge in [-0.15, -0.1) is 0 Å². The Labute approximate surface area is 98.5 Å². The minimum absolute atomic E-state index is 0.163. The Morgan fingerprint density at radius 1 is 1.24 bits per heavy atom. The highest BCUT2D eigenvalue weighted by Gasteiger charge is 2.09. The van der Waals surface area contributed by atoms with E-state index in [-0.39, 0.29) is 5.56 Å². The van der Waals surface area contributed by atoms with Crippen molar-refractivity contribution in [3.63, 3.8) is 0 Å². The van der Waals surface area contributed by atoms with Crippen LogP contribution in [0.2, 0.25) is 0 Å². The molecule has 1 aromatic carbocycles. The topological polar surface area (TPSA) is 59.4 Å². The Morgan fingerprint density at radius 3 is 2.76 bits per heavy atom. The second-order valence-electron chi connectivity index (χ2n) is 3.45. The molecule has 0 aliphatic heterocycles. The number of carboxylic acid groups (broad SMARTS) is 1. The van der Waals surface area contributed by atoms with E-state index in [1.165, 1.54) is 6.07 Å². The first-order valence-corrected chi connectivity index (χ1v) is 5.11. The molecule has 0 spiro atoms. The van der Waals surface area contributed by atoms with Crippen molar-refractivity contribution in [3.8, 4) is 5.75 Å². The van der Waals surface area contributed by atoms with E-state index >= 15 is 0 Å². The van der Waals surface area contributed by atoms with Gasteiger partial charge in [-0.25, -0.2) is 4.79 Å². The van der Waals surface area contributed by atoms with Crippen molar-refractivity contribution < 1.29 is 14.6 Å². The lowest BCUT2D eigenvalue weighted by Crippen LogP contribution is -2.03. The fraction of sp³-hybridized carbons (Fsp3) is 0.0769. The predicted molar refractivity (Wildman–Crippen MR) is 62.0 cm³/mol. The number of hydrogen-bond donors (Lipinski definition) is 1. The van der Waals surface area contributed by atoms with Crippen molar-refractivity contribution in [2.45, 2.75) is 6.61 Å². The van der Waals surface area contributed by atoms with E-state index in [0.29, 0.717) is 12.4 Å². The number of para-hydroxylation sites is 1. The predicted octanol–water partition coefficient (Wildman–Crippen LogP) is 2.36. The molecule has 4 heteroatoms. The van der Waals surface area contributed by atoms with Crippen LogP contribution in [0.1, 0.15) is 15.9 Å². The zero-order valence-electron chi connectivity index (χ0n) is 9.04. The minimum atomic E-state index is -0.994. The summed E-state index contributed by atoms with van der Waals surface area (Å²) in [6, 6.07) is 10.2. The van der Waals surface area contributed by atoms with Gasteiger partial charge in [0.25, 0.3) is 0 Å². The van der Waals surface area contributed by atoms with E-state index in [0.717, 1.165) is 5.56 Å². The molecule has 0 saturated carbocycles. The molecule has 0 fully saturated rings. The molecule has 2 aromatic rings. The van der Waals surface area contributed by atoms with Crippen molar-refractivity contribution >= 4 is 5.97 Å². The standard InChI is InChI=1S/C13H11NO3/c15-13(16)11-5-1-2-6-12(11)17-9-10-4-3-7-14-8-10/h1-8H,9H2,(H,15,16). The molecule has 0 aliphatic rings. The van der Waals surface area contributed by atoms with Gasteiger partial charge in [0.05, 0.1) is 0 Å². The van der Waals surface area contributed by atoms with Gasteiger partial charge in [0.15, 0.2) is 0 Å². The summed E-state index contributed by atoms with van der Waals surface area (Å²) < 4.78 is 5.46. The van der Waals surface area contributed by atoms with Gasteiger partial charge in [-0.3, -0.25) is 4.98 Å². The van der Waals surface area contributed by atoms with Crippen LogP contribution in [0, 0.1) is 0 Å². The minimum Gasteiger partial charge on any atom is -0.488 e. The van der Waals surface area contributed by atoms with Gasteiger partial charge in [-0.1, -0.05) is 18.2 Å². The molecule has 1 aromatic heterocycles. The Hall–Kier alpha value is -2.36. The molecule has 86 valence electrons. The number of aromatic carboxylic acids is 1. The normalized spacial score (nSPS) is 9.88. The van der Waals surface area contributed by atoms with E-state index in [4.69, 9.17) is 9.84 Å². The third-order valence-corrected chi connectivity index (χ3v) is 2.23. The van der Waals surface area contributed by atoms with Gasteiger partial charge < -0.3 is 9.84 Å². The molecule has 4 nitrogen and oxygen atoms in total. The second-order valence-corrected chi connectivity index (χ2v) is 3.45. The van der Waals surface area contributed by atoms with Crippen LogP contribution in [0.3, 0.4) is 0 Å². The summed E-state index contributed by atoms with van der Waals surface area (Å²) in [5.74, 6) is -0.629. The van der Waals surface area contributed by atoms with Crippen molar-refractivity contribution in [3.05, 3.63) is 59.9 Å². The number of hydrogen-bond acceptors (Lipinski definition) is 3. The maximum absolute atomic E-state index is 10.9. The molecule has 2 rings (SSSR count). The van der Waals surface area contributed by atoms with Crippen LogP contribution in [0.15, 0.2) is 48.8 Å². The fourth-order valence-electron chi connectivity index (χ4n) is 1.41. The molecule has 0 saturated heterocycles. The number of carboxylic acids is 1. The van der Waals surface area contributed by atoms with Gasteiger partial charge >= 0.3 is 5.97 Å². The van der Waals surface area contributed by atoms with Gasteiger partial charge in [0, 0.05) is 18.0 Å².